The Hall–Kier alpha value is -3.63. The van der Waals surface area contributed by atoms with E-state index in [0.29, 0.717) is 12.0 Å². The zero-order chi connectivity index (χ0) is 25.8. The number of phenolic OH excluding ortho intramolecular Hbond substituents is 1. The average Bonchev–Trinajstić information content (AvgIpc) is 3.09. The lowest BCUT2D eigenvalue weighted by Crippen LogP contribution is -2.56. The van der Waals surface area contributed by atoms with Gasteiger partial charge in [-0.25, -0.2) is 10.3 Å². The zero-order valence-electron chi connectivity index (χ0n) is 19.8. The molecule has 0 fully saturated rings. The summed E-state index contributed by atoms with van der Waals surface area (Å²) in [5.41, 5.74) is 2.79. The van der Waals surface area contributed by atoms with Crippen molar-refractivity contribution in [2.75, 3.05) is 0 Å². The van der Waals surface area contributed by atoms with E-state index in [0.717, 1.165) is 11.1 Å². The van der Waals surface area contributed by atoms with Gasteiger partial charge in [0.05, 0.1) is 18.1 Å². The van der Waals surface area contributed by atoms with Gasteiger partial charge in [0.2, 0.25) is 5.91 Å². The second kappa shape index (κ2) is 10.7. The molecular weight excluding hydrogens is 454 g/mol. The van der Waals surface area contributed by atoms with Crippen molar-refractivity contribution in [1.29, 1.82) is 0 Å². The first-order valence-electron chi connectivity index (χ1n) is 11.3. The van der Waals surface area contributed by atoms with Gasteiger partial charge < -0.3 is 25.6 Å². The quantitative estimate of drug-likeness (QED) is 0.257. The summed E-state index contributed by atoms with van der Waals surface area (Å²) < 4.78 is 5.24. The third kappa shape index (κ3) is 6.71. The number of benzene rings is 2. The van der Waals surface area contributed by atoms with Crippen LogP contribution in [0.5, 0.6) is 5.75 Å². The predicted octanol–water partition coefficient (Wildman–Crippen LogP) is 1.72. The number of fused-ring (bicyclic) bond motifs is 1. The number of ether oxygens (including phenoxy) is 1. The molecule has 2 aromatic carbocycles. The van der Waals surface area contributed by atoms with Crippen molar-refractivity contribution in [2.45, 2.75) is 57.4 Å². The van der Waals surface area contributed by atoms with E-state index in [9.17, 15) is 29.8 Å². The van der Waals surface area contributed by atoms with Crippen LogP contribution < -0.4 is 16.1 Å². The summed E-state index contributed by atoms with van der Waals surface area (Å²) in [6, 6.07) is 11.2. The van der Waals surface area contributed by atoms with Gasteiger partial charge in [-0.15, -0.1) is 0 Å². The van der Waals surface area contributed by atoms with Crippen LogP contribution in [0.25, 0.3) is 0 Å². The molecule has 0 bridgehead atoms. The number of aliphatic hydroxyl groups is 1. The van der Waals surface area contributed by atoms with E-state index < -0.39 is 47.6 Å². The van der Waals surface area contributed by atoms with Crippen molar-refractivity contribution in [3.05, 3.63) is 65.2 Å². The first-order valence-corrected chi connectivity index (χ1v) is 11.3. The topological polar surface area (TPSA) is 157 Å². The van der Waals surface area contributed by atoms with E-state index in [1.54, 1.807) is 45.0 Å². The van der Waals surface area contributed by atoms with Crippen LogP contribution in [0, 0.1) is 5.92 Å². The van der Waals surface area contributed by atoms with Crippen LogP contribution in [-0.4, -0.2) is 51.1 Å². The minimum atomic E-state index is -1.52. The highest BCUT2D eigenvalue weighted by Gasteiger charge is 2.39. The lowest BCUT2D eigenvalue weighted by Gasteiger charge is -2.29. The lowest BCUT2D eigenvalue weighted by atomic mass is 9.90. The Morgan fingerprint density at radius 1 is 1.09 bits per heavy atom. The van der Waals surface area contributed by atoms with Gasteiger partial charge >= 0.3 is 6.09 Å². The summed E-state index contributed by atoms with van der Waals surface area (Å²) in [6.45, 7) is 4.93. The second-order valence-electron chi connectivity index (χ2n) is 9.54. The third-order valence-corrected chi connectivity index (χ3v) is 5.67. The normalized spacial score (nSPS) is 18.7. The predicted molar refractivity (Wildman–Crippen MR) is 125 cm³/mol. The van der Waals surface area contributed by atoms with Gasteiger partial charge in [-0.05, 0) is 56.0 Å². The van der Waals surface area contributed by atoms with E-state index in [1.807, 2.05) is 12.1 Å². The number of hydrogen-bond donors (Lipinski definition) is 6. The standard InChI is InChI=1S/C25H31N3O7/c1-25(2,3)35-24(33)27-21(23(32)28-34)18(12-14-7-6-9-16(29)11-14)22(31)26-20-17-10-5-4-8-15(17)13-19(20)30/h4-11,18-21,29-30,34H,12-13H2,1-3H3,(H,26,31)(H,27,33)(H,28,32). The molecule has 0 saturated heterocycles. The zero-order valence-corrected chi connectivity index (χ0v) is 19.8. The first kappa shape index (κ1) is 26.0. The molecule has 188 valence electrons. The van der Waals surface area contributed by atoms with Crippen LogP contribution in [0.2, 0.25) is 0 Å². The van der Waals surface area contributed by atoms with Gasteiger partial charge in [0.1, 0.15) is 17.4 Å². The van der Waals surface area contributed by atoms with Gasteiger partial charge in [0.15, 0.2) is 0 Å². The number of rotatable bonds is 7. The Bertz CT molecular complexity index is 1080. The van der Waals surface area contributed by atoms with E-state index >= 15 is 0 Å². The molecule has 0 radical (unpaired) electrons. The van der Waals surface area contributed by atoms with E-state index in [4.69, 9.17) is 4.74 Å². The molecule has 10 heteroatoms. The maximum atomic E-state index is 13.5. The summed E-state index contributed by atoms with van der Waals surface area (Å²) >= 11 is 0. The van der Waals surface area contributed by atoms with Crippen LogP contribution in [0.1, 0.15) is 43.5 Å². The smallest absolute Gasteiger partial charge is 0.408 e. The summed E-state index contributed by atoms with van der Waals surface area (Å²) in [5.74, 6) is -2.93. The molecule has 35 heavy (non-hydrogen) atoms. The van der Waals surface area contributed by atoms with Crippen LogP contribution in [0.15, 0.2) is 48.5 Å². The number of nitrogens with one attached hydrogen (secondary N) is 3. The largest absolute Gasteiger partial charge is 0.508 e. The number of aromatic hydroxyl groups is 1. The molecule has 3 amide bonds. The van der Waals surface area contributed by atoms with Crippen LogP contribution in [-0.2, 0) is 27.2 Å². The van der Waals surface area contributed by atoms with Crippen molar-refractivity contribution in [1.82, 2.24) is 16.1 Å². The number of hydrogen-bond acceptors (Lipinski definition) is 7. The molecule has 4 unspecified atom stereocenters. The van der Waals surface area contributed by atoms with Crippen LogP contribution >= 0.6 is 0 Å². The van der Waals surface area contributed by atoms with E-state index in [1.165, 1.54) is 17.6 Å². The Morgan fingerprint density at radius 2 is 1.80 bits per heavy atom. The van der Waals surface area contributed by atoms with Crippen LogP contribution in [0.3, 0.4) is 0 Å². The number of alkyl carbamates (subject to hydrolysis) is 1. The molecule has 0 aliphatic heterocycles. The fourth-order valence-corrected chi connectivity index (χ4v) is 4.16. The van der Waals surface area contributed by atoms with E-state index in [2.05, 4.69) is 10.6 Å². The molecule has 1 aliphatic rings. The van der Waals surface area contributed by atoms with Crippen molar-refractivity contribution in [3.63, 3.8) is 0 Å². The highest BCUT2D eigenvalue weighted by Crippen LogP contribution is 2.32. The summed E-state index contributed by atoms with van der Waals surface area (Å²) in [6.07, 6.45) is -1.54. The SMILES string of the molecule is CC(C)(C)OC(=O)NC(C(=O)NO)C(Cc1cccc(O)c1)C(=O)NC1c2ccccc2CC1O. The molecule has 0 aromatic heterocycles. The maximum Gasteiger partial charge on any atom is 0.408 e. The van der Waals surface area contributed by atoms with Gasteiger partial charge in [0, 0.05) is 6.42 Å². The number of phenols is 1. The molecule has 2 aromatic rings. The van der Waals surface area contributed by atoms with Crippen molar-refractivity contribution in [3.8, 4) is 5.75 Å². The summed E-state index contributed by atoms with van der Waals surface area (Å²) in [7, 11) is 0. The first-order chi connectivity index (χ1) is 16.5. The fraction of sp³-hybridized carbons (Fsp3) is 0.400. The molecule has 4 atom stereocenters. The Balaban J connectivity index is 1.92. The number of carbonyl (C=O) groups excluding carboxylic acids is 3. The van der Waals surface area contributed by atoms with Gasteiger partial charge in [0.25, 0.3) is 5.91 Å². The molecule has 0 saturated carbocycles. The fourth-order valence-electron chi connectivity index (χ4n) is 4.16. The number of carbonyl (C=O) groups is 3. The molecule has 6 N–H and O–H groups in total. The monoisotopic (exact) mass is 485 g/mol. The lowest BCUT2D eigenvalue weighted by molar-refractivity contribution is -0.138. The Kier molecular flexibility index (Phi) is 7.98. The van der Waals surface area contributed by atoms with Gasteiger partial charge in [-0.2, -0.15) is 0 Å². The van der Waals surface area contributed by atoms with Crippen LogP contribution in [0.4, 0.5) is 4.79 Å². The number of hydroxylamine groups is 1. The summed E-state index contributed by atoms with van der Waals surface area (Å²) in [5, 5.41) is 35.0. The summed E-state index contributed by atoms with van der Waals surface area (Å²) in [4.78, 5) is 38.6. The maximum absolute atomic E-state index is 13.5. The van der Waals surface area contributed by atoms with Crippen molar-refractivity contribution < 1.29 is 34.5 Å². The molecule has 10 nitrogen and oxygen atoms in total. The molecular formula is C25H31N3O7. The van der Waals surface area contributed by atoms with Gasteiger partial charge in [-0.1, -0.05) is 36.4 Å². The van der Waals surface area contributed by atoms with Crippen molar-refractivity contribution in [2.24, 2.45) is 5.92 Å². The molecule has 1 aliphatic carbocycles. The highest BCUT2D eigenvalue weighted by atomic mass is 16.6. The Labute approximate surface area is 203 Å². The third-order valence-electron chi connectivity index (χ3n) is 5.67. The number of amides is 3. The molecule has 0 spiro atoms. The van der Waals surface area contributed by atoms with Gasteiger partial charge in [-0.3, -0.25) is 14.8 Å². The van der Waals surface area contributed by atoms with E-state index in [-0.39, 0.29) is 12.2 Å². The minimum Gasteiger partial charge on any atom is -0.508 e. The Morgan fingerprint density at radius 3 is 2.46 bits per heavy atom. The minimum absolute atomic E-state index is 0.0370. The second-order valence-corrected chi connectivity index (χ2v) is 9.54. The average molecular weight is 486 g/mol. The molecule has 3 rings (SSSR count). The number of aliphatic hydroxyl groups excluding tert-OH is 1. The highest BCUT2D eigenvalue weighted by molar-refractivity contribution is 5.92. The van der Waals surface area contributed by atoms with Crippen molar-refractivity contribution >= 4 is 17.9 Å². The molecule has 0 heterocycles.